The molecular weight excluding hydrogens is 263 g/mol. The van der Waals surface area contributed by atoms with E-state index in [0.29, 0.717) is 10.0 Å². The fourth-order valence-electron chi connectivity index (χ4n) is 1.63. The van der Waals surface area contributed by atoms with Crippen molar-refractivity contribution in [1.82, 2.24) is 0 Å². The van der Waals surface area contributed by atoms with Gasteiger partial charge in [-0.25, -0.2) is 0 Å². The highest BCUT2D eigenvalue weighted by molar-refractivity contribution is 6.42. The third kappa shape index (κ3) is 4.36. The summed E-state index contributed by atoms with van der Waals surface area (Å²) in [6.45, 7) is 1.44. The first-order valence-corrected chi connectivity index (χ1v) is 5.82. The molecule has 5 heteroatoms. The molecule has 0 aliphatic heterocycles. The van der Waals surface area contributed by atoms with Crippen molar-refractivity contribution in [2.45, 2.75) is 25.7 Å². The molecule has 0 radical (unpaired) electrons. The van der Waals surface area contributed by atoms with Crippen LogP contribution >= 0.6 is 23.2 Å². The Hall–Kier alpha value is -1.06. The summed E-state index contributed by atoms with van der Waals surface area (Å²) < 4.78 is 0. The van der Waals surface area contributed by atoms with Gasteiger partial charge in [-0.1, -0.05) is 29.3 Å². The fourth-order valence-corrected chi connectivity index (χ4v) is 1.94. The largest absolute Gasteiger partial charge is 0.481 e. The first-order chi connectivity index (χ1) is 7.90. The molecule has 1 N–H and O–H groups in total. The zero-order valence-electron chi connectivity index (χ0n) is 9.24. The van der Waals surface area contributed by atoms with E-state index in [1.54, 1.807) is 18.2 Å². The molecule has 0 saturated heterocycles. The first-order valence-electron chi connectivity index (χ1n) is 5.06. The molecule has 0 spiro atoms. The van der Waals surface area contributed by atoms with Crippen molar-refractivity contribution >= 4 is 35.0 Å². The van der Waals surface area contributed by atoms with E-state index in [9.17, 15) is 9.59 Å². The van der Waals surface area contributed by atoms with E-state index in [1.807, 2.05) is 0 Å². The standard InChI is InChI=1S/C12H12Cl2O3/c1-7(15)4-9(6-12(16)17)8-2-3-10(13)11(14)5-8/h2-3,5,9H,4,6H2,1H3,(H,16,17)/t9-/m0/s1. The Kier molecular flexibility index (Phi) is 4.97. The van der Waals surface area contributed by atoms with Gasteiger partial charge in [0.05, 0.1) is 16.5 Å². The van der Waals surface area contributed by atoms with Gasteiger partial charge < -0.3 is 9.90 Å². The predicted octanol–water partition coefficient (Wildman–Crippen LogP) is 3.53. The number of rotatable bonds is 5. The zero-order valence-corrected chi connectivity index (χ0v) is 10.8. The average molecular weight is 275 g/mol. The molecule has 1 atom stereocenters. The molecule has 92 valence electrons. The minimum absolute atomic E-state index is 0.0534. The minimum Gasteiger partial charge on any atom is -0.481 e. The van der Waals surface area contributed by atoms with E-state index in [-0.39, 0.29) is 24.5 Å². The zero-order chi connectivity index (χ0) is 13.0. The highest BCUT2D eigenvalue weighted by Gasteiger charge is 2.18. The number of carboxylic acid groups (broad SMARTS) is 1. The molecule has 0 heterocycles. The predicted molar refractivity (Wildman–Crippen MR) is 66.8 cm³/mol. The third-order valence-corrected chi connectivity index (χ3v) is 3.11. The third-order valence-electron chi connectivity index (χ3n) is 2.37. The van der Waals surface area contributed by atoms with Crippen LogP contribution in [0.1, 0.15) is 31.2 Å². The minimum atomic E-state index is -0.942. The van der Waals surface area contributed by atoms with Crippen LogP contribution in [0.3, 0.4) is 0 Å². The van der Waals surface area contributed by atoms with E-state index in [4.69, 9.17) is 28.3 Å². The van der Waals surface area contributed by atoms with Gasteiger partial charge in [0.1, 0.15) is 5.78 Å². The SMILES string of the molecule is CC(=O)C[C@@H](CC(=O)O)c1ccc(Cl)c(Cl)c1. The number of carbonyl (C=O) groups excluding carboxylic acids is 1. The van der Waals surface area contributed by atoms with Gasteiger partial charge in [0.2, 0.25) is 0 Å². The molecule has 0 fully saturated rings. The van der Waals surface area contributed by atoms with E-state index in [1.165, 1.54) is 6.92 Å². The Balaban J connectivity index is 2.98. The summed E-state index contributed by atoms with van der Waals surface area (Å²) in [7, 11) is 0. The lowest BCUT2D eigenvalue weighted by Gasteiger charge is -2.14. The molecule has 0 saturated carbocycles. The van der Waals surface area contributed by atoms with Crippen LogP contribution < -0.4 is 0 Å². The highest BCUT2D eigenvalue weighted by atomic mass is 35.5. The number of aliphatic carboxylic acids is 1. The van der Waals surface area contributed by atoms with Crippen molar-refractivity contribution in [3.63, 3.8) is 0 Å². The second-order valence-corrected chi connectivity index (χ2v) is 4.69. The molecule has 0 unspecified atom stereocenters. The maximum atomic E-state index is 11.1. The highest BCUT2D eigenvalue weighted by Crippen LogP contribution is 2.30. The van der Waals surface area contributed by atoms with E-state index in [2.05, 4.69) is 0 Å². The Morgan fingerprint density at radius 3 is 2.35 bits per heavy atom. The van der Waals surface area contributed by atoms with Gasteiger partial charge >= 0.3 is 5.97 Å². The van der Waals surface area contributed by atoms with Gasteiger partial charge in [-0.3, -0.25) is 4.79 Å². The average Bonchev–Trinajstić information content (AvgIpc) is 2.19. The number of ketones is 1. The summed E-state index contributed by atoms with van der Waals surface area (Å²) in [5.41, 5.74) is 0.719. The lowest BCUT2D eigenvalue weighted by atomic mass is 9.91. The topological polar surface area (TPSA) is 54.4 Å². The van der Waals surface area contributed by atoms with Crippen LogP contribution in [0.4, 0.5) is 0 Å². The van der Waals surface area contributed by atoms with Gasteiger partial charge in [-0.2, -0.15) is 0 Å². The molecule has 1 aromatic rings. The van der Waals surface area contributed by atoms with Crippen LogP contribution in [0.25, 0.3) is 0 Å². The van der Waals surface area contributed by atoms with Crippen molar-refractivity contribution in [2.24, 2.45) is 0 Å². The van der Waals surface area contributed by atoms with Crippen molar-refractivity contribution in [1.29, 1.82) is 0 Å². The van der Waals surface area contributed by atoms with E-state index < -0.39 is 5.97 Å². The smallest absolute Gasteiger partial charge is 0.303 e. The van der Waals surface area contributed by atoms with Gasteiger partial charge in [0, 0.05) is 12.3 Å². The fraction of sp³-hybridized carbons (Fsp3) is 0.333. The molecular formula is C12H12Cl2O3. The normalized spacial score (nSPS) is 12.2. The summed E-state index contributed by atoms with van der Waals surface area (Å²) in [6, 6.07) is 4.92. The number of halogens is 2. The van der Waals surface area contributed by atoms with E-state index in [0.717, 1.165) is 5.56 Å². The van der Waals surface area contributed by atoms with Crippen molar-refractivity contribution < 1.29 is 14.7 Å². The number of carboxylic acids is 1. The van der Waals surface area contributed by atoms with Crippen LogP contribution in [0.2, 0.25) is 10.0 Å². The monoisotopic (exact) mass is 274 g/mol. The van der Waals surface area contributed by atoms with Crippen LogP contribution in [-0.4, -0.2) is 16.9 Å². The Morgan fingerprint density at radius 2 is 1.88 bits per heavy atom. The molecule has 0 amide bonds. The van der Waals surface area contributed by atoms with Gasteiger partial charge in [-0.15, -0.1) is 0 Å². The number of carbonyl (C=O) groups is 2. The molecule has 1 aromatic carbocycles. The summed E-state index contributed by atoms with van der Waals surface area (Å²) in [5.74, 6) is -1.36. The molecule has 0 aliphatic rings. The van der Waals surface area contributed by atoms with Crippen molar-refractivity contribution in [2.75, 3.05) is 0 Å². The van der Waals surface area contributed by atoms with Crippen LogP contribution in [0.15, 0.2) is 18.2 Å². The number of hydrogen-bond acceptors (Lipinski definition) is 2. The van der Waals surface area contributed by atoms with Crippen LogP contribution in [-0.2, 0) is 9.59 Å². The second kappa shape index (κ2) is 6.03. The summed E-state index contributed by atoms with van der Waals surface area (Å²) in [6.07, 6.45) is 0.0851. The van der Waals surface area contributed by atoms with E-state index >= 15 is 0 Å². The number of hydrogen-bond donors (Lipinski definition) is 1. The Bertz CT molecular complexity index is 427. The van der Waals surface area contributed by atoms with Crippen LogP contribution in [0, 0.1) is 0 Å². The summed E-state index contributed by atoms with van der Waals surface area (Å²) >= 11 is 11.6. The quantitative estimate of drug-likeness (QED) is 0.894. The Labute approximate surface area is 109 Å². The lowest BCUT2D eigenvalue weighted by molar-refractivity contribution is -0.137. The summed E-state index contributed by atoms with van der Waals surface area (Å²) in [5, 5.41) is 9.59. The maximum absolute atomic E-state index is 11.1. The van der Waals surface area contributed by atoms with Gasteiger partial charge in [-0.05, 0) is 24.6 Å². The molecule has 17 heavy (non-hydrogen) atoms. The van der Waals surface area contributed by atoms with Crippen molar-refractivity contribution in [3.05, 3.63) is 33.8 Å². The summed E-state index contributed by atoms with van der Waals surface area (Å²) in [4.78, 5) is 21.9. The van der Waals surface area contributed by atoms with Gasteiger partial charge in [0.25, 0.3) is 0 Å². The molecule has 3 nitrogen and oxygen atoms in total. The van der Waals surface area contributed by atoms with Gasteiger partial charge in [0.15, 0.2) is 0 Å². The molecule has 0 bridgehead atoms. The first kappa shape index (κ1) is 14.0. The lowest BCUT2D eigenvalue weighted by Crippen LogP contribution is -2.10. The Morgan fingerprint density at radius 1 is 1.24 bits per heavy atom. The number of benzene rings is 1. The second-order valence-electron chi connectivity index (χ2n) is 3.87. The van der Waals surface area contributed by atoms with Crippen molar-refractivity contribution in [3.8, 4) is 0 Å². The van der Waals surface area contributed by atoms with Crippen LogP contribution in [0.5, 0.6) is 0 Å². The number of Topliss-reactive ketones (excluding diaryl/α,β-unsaturated/α-hetero) is 1. The molecule has 0 aliphatic carbocycles. The molecule has 0 aromatic heterocycles. The molecule has 1 rings (SSSR count). The maximum Gasteiger partial charge on any atom is 0.303 e.